The van der Waals surface area contributed by atoms with Gasteiger partial charge in [-0.05, 0) is 46.1 Å². The van der Waals surface area contributed by atoms with Crippen LogP contribution in [0.5, 0.6) is 11.5 Å². The van der Waals surface area contributed by atoms with Crippen molar-refractivity contribution in [2.45, 2.75) is 24.4 Å². The van der Waals surface area contributed by atoms with Crippen molar-refractivity contribution in [3.05, 3.63) is 83.9 Å². The SMILES string of the molecule is C=CCOC(=O)N1Cc2cc(OCC=C)c(Br)c(OCC=C)c2C2(C=CC(=O)C=C2)C[C@H]1COC. The van der Waals surface area contributed by atoms with Crippen LogP contribution in [0.3, 0.4) is 0 Å². The maximum Gasteiger partial charge on any atom is 0.410 e. The molecule has 1 aromatic rings. The van der Waals surface area contributed by atoms with Crippen molar-refractivity contribution in [1.82, 2.24) is 4.90 Å². The van der Waals surface area contributed by atoms with Crippen molar-refractivity contribution >= 4 is 27.8 Å². The highest BCUT2D eigenvalue weighted by molar-refractivity contribution is 9.10. The molecule has 2 aliphatic rings. The van der Waals surface area contributed by atoms with Gasteiger partial charge in [-0.1, -0.05) is 50.1 Å². The molecule has 0 N–H and O–H groups in total. The predicted molar refractivity (Wildman–Crippen MR) is 138 cm³/mol. The lowest BCUT2D eigenvalue weighted by Gasteiger charge is -2.35. The Morgan fingerprint density at radius 2 is 1.80 bits per heavy atom. The van der Waals surface area contributed by atoms with Crippen LogP contribution in [0, 0.1) is 0 Å². The standard InChI is InChI=1S/C27H30BrNO6/c1-5-12-33-22-15-19-17-29(26(31)35-14-7-3)20(18-32-4)16-27(10-8-21(30)9-11-27)23(19)25(24(22)28)34-13-6-2/h5-11,15,20H,1-3,12-14,16-18H2,4H3/t20-/m0/s1. The highest BCUT2D eigenvalue weighted by Crippen LogP contribution is 2.51. The largest absolute Gasteiger partial charge is 0.488 e. The highest BCUT2D eigenvalue weighted by Gasteiger charge is 2.44. The zero-order valence-corrected chi connectivity index (χ0v) is 21.4. The number of rotatable bonds is 10. The quantitative estimate of drug-likeness (QED) is 0.384. The second kappa shape index (κ2) is 12.0. The number of hydrogen-bond donors (Lipinski definition) is 0. The summed E-state index contributed by atoms with van der Waals surface area (Å²) < 4.78 is 23.6. The van der Waals surface area contributed by atoms with Crippen LogP contribution in [0.1, 0.15) is 17.5 Å². The minimum absolute atomic E-state index is 0.0864. The van der Waals surface area contributed by atoms with Crippen LogP contribution in [0.2, 0.25) is 0 Å². The number of amides is 1. The van der Waals surface area contributed by atoms with Crippen LogP contribution >= 0.6 is 15.9 Å². The Bertz CT molecular complexity index is 1040. The van der Waals surface area contributed by atoms with Crippen molar-refractivity contribution in [3.8, 4) is 11.5 Å². The molecule has 1 aromatic carbocycles. The van der Waals surface area contributed by atoms with Gasteiger partial charge in [-0.2, -0.15) is 0 Å². The molecule has 1 amide bonds. The van der Waals surface area contributed by atoms with Crippen LogP contribution in [-0.4, -0.2) is 56.4 Å². The molecule has 0 saturated carbocycles. The Morgan fingerprint density at radius 3 is 2.43 bits per heavy atom. The zero-order chi connectivity index (χ0) is 25.4. The fourth-order valence-corrected chi connectivity index (χ4v) is 4.93. The summed E-state index contributed by atoms with van der Waals surface area (Å²) in [5.74, 6) is 0.996. The summed E-state index contributed by atoms with van der Waals surface area (Å²) in [5.41, 5.74) is 0.886. The summed E-state index contributed by atoms with van der Waals surface area (Å²) in [6.07, 6.45) is 11.6. The van der Waals surface area contributed by atoms with Crippen LogP contribution in [0.4, 0.5) is 4.79 Å². The summed E-state index contributed by atoms with van der Waals surface area (Å²) in [6, 6.07) is 1.53. The van der Waals surface area contributed by atoms with Gasteiger partial charge < -0.3 is 18.9 Å². The van der Waals surface area contributed by atoms with Gasteiger partial charge in [-0.3, -0.25) is 9.69 Å². The lowest BCUT2D eigenvalue weighted by molar-refractivity contribution is -0.110. The van der Waals surface area contributed by atoms with Crippen LogP contribution in [0.25, 0.3) is 0 Å². The number of hydrogen-bond acceptors (Lipinski definition) is 6. The minimum Gasteiger partial charge on any atom is -0.488 e. The summed E-state index contributed by atoms with van der Waals surface area (Å²) in [4.78, 5) is 26.9. The number of benzene rings is 1. The van der Waals surface area contributed by atoms with Gasteiger partial charge >= 0.3 is 6.09 Å². The summed E-state index contributed by atoms with van der Waals surface area (Å²) >= 11 is 3.66. The third-order valence-electron chi connectivity index (χ3n) is 5.80. The summed E-state index contributed by atoms with van der Waals surface area (Å²) in [7, 11) is 1.59. The molecule has 0 radical (unpaired) electrons. The average molecular weight is 544 g/mol. The highest BCUT2D eigenvalue weighted by atomic mass is 79.9. The lowest BCUT2D eigenvalue weighted by Crippen LogP contribution is -2.44. The molecular formula is C27H30BrNO6. The number of carbonyl (C=O) groups excluding carboxylic acids is 2. The summed E-state index contributed by atoms with van der Waals surface area (Å²) in [5, 5.41) is 0. The van der Waals surface area contributed by atoms with E-state index in [-0.39, 0.29) is 44.8 Å². The van der Waals surface area contributed by atoms with Crippen LogP contribution < -0.4 is 9.47 Å². The Morgan fingerprint density at radius 1 is 1.14 bits per heavy atom. The number of ether oxygens (including phenoxy) is 4. The first-order chi connectivity index (χ1) is 16.9. The number of nitrogens with zero attached hydrogens (tertiary/aromatic N) is 1. The van der Waals surface area contributed by atoms with E-state index in [1.165, 1.54) is 6.08 Å². The third kappa shape index (κ3) is 5.77. The number of ketones is 1. The van der Waals surface area contributed by atoms with E-state index in [4.69, 9.17) is 18.9 Å². The molecule has 1 aliphatic heterocycles. The number of allylic oxidation sites excluding steroid dienone is 4. The van der Waals surface area contributed by atoms with Gasteiger partial charge in [0.05, 0.1) is 12.6 Å². The van der Waals surface area contributed by atoms with Gasteiger partial charge in [0.2, 0.25) is 0 Å². The maximum atomic E-state index is 13.1. The Balaban J connectivity index is 2.27. The molecule has 0 aromatic heterocycles. The molecule has 0 fully saturated rings. The first-order valence-electron chi connectivity index (χ1n) is 11.2. The normalized spacial score (nSPS) is 17.9. The molecule has 35 heavy (non-hydrogen) atoms. The molecular weight excluding hydrogens is 514 g/mol. The van der Waals surface area contributed by atoms with Gasteiger partial charge in [-0.15, -0.1) is 0 Å². The van der Waals surface area contributed by atoms with E-state index in [1.807, 2.05) is 18.2 Å². The Labute approximate surface area is 214 Å². The molecule has 0 saturated heterocycles. The fourth-order valence-electron chi connectivity index (χ4n) is 4.39. The van der Waals surface area contributed by atoms with E-state index in [9.17, 15) is 9.59 Å². The van der Waals surface area contributed by atoms with Gasteiger partial charge in [0.25, 0.3) is 0 Å². The van der Waals surface area contributed by atoms with Gasteiger partial charge in [-0.25, -0.2) is 4.79 Å². The topological polar surface area (TPSA) is 74.3 Å². The zero-order valence-electron chi connectivity index (χ0n) is 19.8. The van der Waals surface area contributed by atoms with Gasteiger partial charge in [0.15, 0.2) is 5.78 Å². The van der Waals surface area contributed by atoms with Crippen LogP contribution in [0.15, 0.2) is 72.8 Å². The average Bonchev–Trinajstić information content (AvgIpc) is 2.98. The summed E-state index contributed by atoms with van der Waals surface area (Å²) in [6.45, 7) is 12.2. The number of fused-ring (bicyclic) bond motifs is 2. The predicted octanol–water partition coefficient (Wildman–Crippen LogP) is 5.05. The number of carbonyl (C=O) groups is 2. The van der Waals surface area contributed by atoms with Crippen molar-refractivity contribution < 1.29 is 28.5 Å². The van der Waals surface area contributed by atoms with Gasteiger partial charge in [0, 0.05) is 24.6 Å². The van der Waals surface area contributed by atoms with E-state index in [2.05, 4.69) is 35.7 Å². The molecule has 1 heterocycles. The molecule has 3 rings (SSSR count). The Kier molecular flexibility index (Phi) is 9.12. The van der Waals surface area contributed by atoms with Crippen molar-refractivity contribution in [3.63, 3.8) is 0 Å². The second-order valence-electron chi connectivity index (χ2n) is 8.17. The molecule has 0 unspecified atom stereocenters. The lowest BCUT2D eigenvalue weighted by atomic mass is 9.71. The third-order valence-corrected chi connectivity index (χ3v) is 6.55. The molecule has 8 heteroatoms. The van der Waals surface area contributed by atoms with Crippen molar-refractivity contribution in [2.24, 2.45) is 0 Å². The van der Waals surface area contributed by atoms with E-state index in [1.54, 1.807) is 36.3 Å². The first kappa shape index (κ1) is 26.5. The minimum atomic E-state index is -0.740. The van der Waals surface area contributed by atoms with E-state index in [0.717, 1.165) is 11.1 Å². The monoisotopic (exact) mass is 543 g/mol. The second-order valence-corrected chi connectivity index (χ2v) is 8.96. The molecule has 1 aliphatic carbocycles. The Hall–Kier alpha value is -3.10. The van der Waals surface area contributed by atoms with E-state index < -0.39 is 11.5 Å². The first-order valence-corrected chi connectivity index (χ1v) is 12.0. The fraction of sp³-hybridized carbons (Fsp3) is 0.333. The molecule has 7 nitrogen and oxygen atoms in total. The van der Waals surface area contributed by atoms with Crippen molar-refractivity contribution in [2.75, 3.05) is 33.5 Å². The van der Waals surface area contributed by atoms with E-state index in [0.29, 0.717) is 22.4 Å². The molecule has 186 valence electrons. The number of methoxy groups -OCH3 is 1. The smallest absolute Gasteiger partial charge is 0.410 e. The van der Waals surface area contributed by atoms with Crippen molar-refractivity contribution in [1.29, 1.82) is 0 Å². The molecule has 1 atom stereocenters. The van der Waals surface area contributed by atoms with E-state index >= 15 is 0 Å². The molecule has 1 spiro atoms. The molecule has 0 bridgehead atoms. The van der Waals surface area contributed by atoms with Crippen LogP contribution in [-0.2, 0) is 26.2 Å². The maximum absolute atomic E-state index is 13.1. The van der Waals surface area contributed by atoms with Gasteiger partial charge in [0.1, 0.15) is 35.8 Å². The number of halogens is 1.